The molecule has 0 aliphatic rings. The summed E-state index contributed by atoms with van der Waals surface area (Å²) in [6.07, 6.45) is -3.36. The largest absolute Gasteiger partial charge is 0.489 e. The van der Waals surface area contributed by atoms with Crippen LogP contribution in [-0.2, 0) is 17.6 Å². The zero-order chi connectivity index (χ0) is 23.1. The first-order valence-corrected chi connectivity index (χ1v) is 9.71. The molecule has 0 spiro atoms. The van der Waals surface area contributed by atoms with Gasteiger partial charge in [0.2, 0.25) is 0 Å². The number of anilines is 1. The molecule has 3 aromatic rings. The summed E-state index contributed by atoms with van der Waals surface area (Å²) < 4.78 is 45.0. The topological polar surface area (TPSA) is 62.1 Å². The van der Waals surface area contributed by atoms with Crippen LogP contribution < -0.4 is 10.1 Å². The first kappa shape index (κ1) is 22.9. The summed E-state index contributed by atoms with van der Waals surface area (Å²) in [5.74, 6) is -0.396. The van der Waals surface area contributed by atoms with E-state index in [2.05, 4.69) is 5.32 Å². The zero-order valence-electron chi connectivity index (χ0n) is 16.5. The lowest BCUT2D eigenvalue weighted by molar-refractivity contribution is -0.137. The maximum absolute atomic E-state index is 13.1. The van der Waals surface area contributed by atoms with Gasteiger partial charge in [0.1, 0.15) is 24.0 Å². The van der Waals surface area contributed by atoms with E-state index < -0.39 is 23.3 Å². The second-order valence-corrected chi connectivity index (χ2v) is 7.02. The van der Waals surface area contributed by atoms with E-state index in [1.54, 1.807) is 36.4 Å². The maximum Gasteiger partial charge on any atom is 0.418 e. The Kier molecular flexibility index (Phi) is 7.18. The molecule has 3 rings (SSSR count). The first-order valence-electron chi connectivity index (χ1n) is 9.33. The normalized spacial score (nSPS) is 11.5. The van der Waals surface area contributed by atoms with Crippen molar-refractivity contribution >= 4 is 29.3 Å². The molecule has 0 aliphatic carbocycles. The lowest BCUT2D eigenvalue weighted by Crippen LogP contribution is -2.17. The molecular weight excluding hydrogens is 441 g/mol. The van der Waals surface area contributed by atoms with Crippen LogP contribution in [0, 0.1) is 11.3 Å². The second-order valence-electron chi connectivity index (χ2n) is 6.62. The van der Waals surface area contributed by atoms with Crippen molar-refractivity contribution in [1.82, 2.24) is 0 Å². The quantitative estimate of drug-likeness (QED) is 0.341. The summed E-state index contributed by atoms with van der Waals surface area (Å²) in [5, 5.41) is 12.1. The Hall–Kier alpha value is -3.76. The fourth-order valence-corrected chi connectivity index (χ4v) is 2.97. The SMILES string of the molecule is N#C/C(=C/c1ccc(OCc2ccccc2Cl)cc1)C(=O)Nc1ccccc1C(F)(F)F. The first-order chi connectivity index (χ1) is 15.3. The lowest BCUT2D eigenvalue weighted by Gasteiger charge is -2.13. The van der Waals surface area contributed by atoms with E-state index in [4.69, 9.17) is 16.3 Å². The Morgan fingerprint density at radius 1 is 1.03 bits per heavy atom. The molecule has 0 fully saturated rings. The van der Waals surface area contributed by atoms with Gasteiger partial charge in [0.25, 0.3) is 5.91 Å². The molecule has 0 radical (unpaired) electrons. The number of hydrogen-bond donors (Lipinski definition) is 1. The smallest absolute Gasteiger partial charge is 0.418 e. The molecule has 0 unspecified atom stereocenters. The van der Waals surface area contributed by atoms with Crippen LogP contribution in [0.5, 0.6) is 5.75 Å². The molecule has 0 saturated heterocycles. The van der Waals surface area contributed by atoms with Gasteiger partial charge in [-0.05, 0) is 42.0 Å². The number of halogens is 4. The maximum atomic E-state index is 13.1. The van der Waals surface area contributed by atoms with Gasteiger partial charge in [0, 0.05) is 10.6 Å². The monoisotopic (exact) mass is 456 g/mol. The van der Waals surface area contributed by atoms with Gasteiger partial charge in [-0.1, -0.05) is 54.1 Å². The molecule has 0 aromatic heterocycles. The number of carbonyl (C=O) groups is 1. The molecule has 0 saturated carbocycles. The van der Waals surface area contributed by atoms with Crippen molar-refractivity contribution in [3.63, 3.8) is 0 Å². The van der Waals surface area contributed by atoms with Crippen LogP contribution in [0.2, 0.25) is 5.02 Å². The number of alkyl halides is 3. The summed E-state index contributed by atoms with van der Waals surface area (Å²) in [7, 11) is 0. The highest BCUT2D eigenvalue weighted by molar-refractivity contribution is 6.31. The number of amides is 1. The van der Waals surface area contributed by atoms with Gasteiger partial charge < -0.3 is 10.1 Å². The van der Waals surface area contributed by atoms with Crippen molar-refractivity contribution in [3.8, 4) is 11.8 Å². The molecule has 0 heterocycles. The molecule has 32 heavy (non-hydrogen) atoms. The van der Waals surface area contributed by atoms with Crippen molar-refractivity contribution in [1.29, 1.82) is 5.26 Å². The lowest BCUT2D eigenvalue weighted by atomic mass is 10.1. The van der Waals surface area contributed by atoms with Gasteiger partial charge in [0.05, 0.1) is 11.3 Å². The highest BCUT2D eigenvalue weighted by Crippen LogP contribution is 2.34. The highest BCUT2D eigenvalue weighted by Gasteiger charge is 2.33. The minimum Gasteiger partial charge on any atom is -0.489 e. The fourth-order valence-electron chi connectivity index (χ4n) is 2.78. The van der Waals surface area contributed by atoms with E-state index in [-0.39, 0.29) is 12.2 Å². The van der Waals surface area contributed by atoms with Crippen LogP contribution in [0.25, 0.3) is 6.08 Å². The molecule has 162 valence electrons. The third-order valence-electron chi connectivity index (χ3n) is 4.39. The Morgan fingerprint density at radius 3 is 2.34 bits per heavy atom. The predicted molar refractivity (Wildman–Crippen MR) is 116 cm³/mol. The number of nitriles is 1. The molecule has 0 aliphatic heterocycles. The third-order valence-corrected chi connectivity index (χ3v) is 4.76. The molecule has 0 atom stereocenters. The van der Waals surface area contributed by atoms with E-state index in [0.717, 1.165) is 17.7 Å². The van der Waals surface area contributed by atoms with E-state index in [0.29, 0.717) is 16.3 Å². The molecule has 4 nitrogen and oxygen atoms in total. The average molecular weight is 457 g/mol. The van der Waals surface area contributed by atoms with Gasteiger partial charge in [-0.15, -0.1) is 0 Å². The van der Waals surface area contributed by atoms with Crippen LogP contribution in [0.4, 0.5) is 18.9 Å². The molecule has 8 heteroatoms. The Balaban J connectivity index is 1.71. The average Bonchev–Trinajstić information content (AvgIpc) is 2.77. The molecule has 0 bridgehead atoms. The summed E-state index contributed by atoms with van der Waals surface area (Å²) in [6.45, 7) is 0.263. The van der Waals surface area contributed by atoms with Gasteiger partial charge in [-0.3, -0.25) is 4.79 Å². The van der Waals surface area contributed by atoms with Gasteiger partial charge in [0.15, 0.2) is 0 Å². The van der Waals surface area contributed by atoms with E-state index in [9.17, 15) is 23.2 Å². The van der Waals surface area contributed by atoms with Crippen LogP contribution in [0.15, 0.2) is 78.4 Å². The van der Waals surface area contributed by atoms with Crippen LogP contribution in [0.3, 0.4) is 0 Å². The minimum absolute atomic E-state index is 0.263. The number of benzene rings is 3. The van der Waals surface area contributed by atoms with E-state index >= 15 is 0 Å². The number of ether oxygens (including phenoxy) is 1. The number of nitrogens with one attached hydrogen (secondary N) is 1. The molecule has 1 amide bonds. The number of hydrogen-bond acceptors (Lipinski definition) is 3. The highest BCUT2D eigenvalue weighted by atomic mass is 35.5. The van der Waals surface area contributed by atoms with E-state index in [1.165, 1.54) is 18.2 Å². The second kappa shape index (κ2) is 10.0. The van der Waals surface area contributed by atoms with Crippen molar-refractivity contribution in [2.45, 2.75) is 12.8 Å². The Labute approximate surface area is 187 Å². The Morgan fingerprint density at radius 2 is 1.69 bits per heavy atom. The Bertz CT molecular complexity index is 1180. The summed E-state index contributed by atoms with van der Waals surface area (Å²) >= 11 is 6.09. The van der Waals surface area contributed by atoms with Gasteiger partial charge >= 0.3 is 6.18 Å². The van der Waals surface area contributed by atoms with Crippen LogP contribution >= 0.6 is 11.6 Å². The van der Waals surface area contributed by atoms with Crippen molar-refractivity contribution < 1.29 is 22.7 Å². The van der Waals surface area contributed by atoms with Crippen LogP contribution in [0.1, 0.15) is 16.7 Å². The van der Waals surface area contributed by atoms with Gasteiger partial charge in [-0.25, -0.2) is 0 Å². The van der Waals surface area contributed by atoms with Crippen molar-refractivity contribution in [2.75, 3.05) is 5.32 Å². The standard InChI is InChI=1S/C24H16ClF3N2O2/c25-21-7-3-1-5-17(21)15-32-19-11-9-16(10-12-19)13-18(14-29)23(31)30-22-8-4-2-6-20(22)24(26,27)28/h1-13H,15H2,(H,30,31)/b18-13-. The summed E-state index contributed by atoms with van der Waals surface area (Å²) in [5.41, 5.74) is -0.432. The number of para-hydroxylation sites is 1. The van der Waals surface area contributed by atoms with E-state index in [1.807, 2.05) is 18.2 Å². The van der Waals surface area contributed by atoms with Crippen molar-refractivity contribution in [2.24, 2.45) is 0 Å². The zero-order valence-corrected chi connectivity index (χ0v) is 17.2. The molecular formula is C24H16ClF3N2O2. The minimum atomic E-state index is -4.64. The molecule has 3 aromatic carbocycles. The number of rotatable bonds is 6. The van der Waals surface area contributed by atoms with Crippen LogP contribution in [-0.4, -0.2) is 5.91 Å². The van der Waals surface area contributed by atoms with Gasteiger partial charge in [-0.2, -0.15) is 18.4 Å². The molecule has 1 N–H and O–H groups in total. The fraction of sp³-hybridized carbons (Fsp3) is 0.0833. The number of nitrogens with zero attached hydrogens (tertiary/aromatic N) is 1. The summed E-state index contributed by atoms with van der Waals surface area (Å²) in [4.78, 5) is 12.4. The predicted octanol–water partition coefficient (Wildman–Crippen LogP) is 6.48. The third kappa shape index (κ3) is 5.90. The number of carbonyl (C=O) groups excluding carboxylic acids is 1. The van der Waals surface area contributed by atoms with Crippen molar-refractivity contribution in [3.05, 3.63) is 100 Å². The summed E-state index contributed by atoms with van der Waals surface area (Å²) in [6, 6.07) is 20.1.